The number of aliphatic hydroxyl groups excluding tert-OH is 1. The van der Waals surface area contributed by atoms with Crippen LogP contribution in [0, 0.1) is 0 Å². The molecule has 0 amide bonds. The second-order valence-electron chi connectivity index (χ2n) is 4.64. The molecule has 0 aromatic heterocycles. The summed E-state index contributed by atoms with van der Waals surface area (Å²) in [5.41, 5.74) is 0. The molecule has 1 aliphatic heterocycles. The maximum absolute atomic E-state index is 8.62. The Bertz CT molecular complexity index is 147. The summed E-state index contributed by atoms with van der Waals surface area (Å²) in [6, 6.07) is 0. The molecule has 1 fully saturated rings. The minimum absolute atomic E-state index is 0.347. The molecule has 0 aromatic carbocycles. The fourth-order valence-corrected chi connectivity index (χ4v) is 2.09. The van der Waals surface area contributed by atoms with Crippen LogP contribution in [-0.2, 0) is 4.74 Å². The standard InChI is InChI=1S/C13H26O2/c1-2-3-6-9-12-13(15-12)10-7-4-5-8-11-14/h12-14H,2-11H2,1H3. The molecule has 1 rings (SSSR count). The lowest BCUT2D eigenvalue weighted by molar-refractivity contribution is 0.281. The minimum Gasteiger partial charge on any atom is -0.396 e. The van der Waals surface area contributed by atoms with Gasteiger partial charge in [0.1, 0.15) is 0 Å². The Labute approximate surface area is 94.0 Å². The molecular formula is C13H26O2. The van der Waals surface area contributed by atoms with Gasteiger partial charge in [-0.15, -0.1) is 0 Å². The molecule has 0 aliphatic carbocycles. The topological polar surface area (TPSA) is 32.8 Å². The van der Waals surface area contributed by atoms with Crippen LogP contribution >= 0.6 is 0 Å². The highest BCUT2D eigenvalue weighted by Gasteiger charge is 2.36. The van der Waals surface area contributed by atoms with Crippen molar-refractivity contribution in [1.29, 1.82) is 0 Å². The number of hydrogen-bond donors (Lipinski definition) is 1. The van der Waals surface area contributed by atoms with Crippen molar-refractivity contribution in [1.82, 2.24) is 0 Å². The molecule has 2 unspecified atom stereocenters. The summed E-state index contributed by atoms with van der Waals surface area (Å²) in [5, 5.41) is 8.62. The van der Waals surface area contributed by atoms with Crippen molar-refractivity contribution in [2.45, 2.75) is 76.9 Å². The Balaban J connectivity index is 1.80. The minimum atomic E-state index is 0.347. The molecule has 90 valence electrons. The zero-order valence-corrected chi connectivity index (χ0v) is 10.1. The van der Waals surface area contributed by atoms with E-state index < -0.39 is 0 Å². The first-order valence-electron chi connectivity index (χ1n) is 6.64. The molecule has 2 heteroatoms. The van der Waals surface area contributed by atoms with Gasteiger partial charge >= 0.3 is 0 Å². The van der Waals surface area contributed by atoms with Crippen molar-refractivity contribution < 1.29 is 9.84 Å². The Hall–Kier alpha value is -0.0800. The van der Waals surface area contributed by atoms with Crippen LogP contribution in [0.25, 0.3) is 0 Å². The zero-order chi connectivity index (χ0) is 10.9. The third-order valence-corrected chi connectivity index (χ3v) is 3.18. The van der Waals surface area contributed by atoms with Crippen LogP contribution in [0.4, 0.5) is 0 Å². The molecule has 0 radical (unpaired) electrons. The van der Waals surface area contributed by atoms with E-state index in [1.807, 2.05) is 0 Å². The lowest BCUT2D eigenvalue weighted by atomic mass is 10.1. The van der Waals surface area contributed by atoms with Gasteiger partial charge in [-0.1, -0.05) is 45.4 Å². The van der Waals surface area contributed by atoms with E-state index in [4.69, 9.17) is 9.84 Å². The molecule has 0 saturated carbocycles. The first kappa shape index (κ1) is 13.0. The smallest absolute Gasteiger partial charge is 0.0841 e. The Kier molecular flexibility index (Phi) is 7.03. The van der Waals surface area contributed by atoms with Gasteiger partial charge in [-0.05, 0) is 19.3 Å². The fraction of sp³-hybridized carbons (Fsp3) is 1.00. The molecule has 0 spiro atoms. The van der Waals surface area contributed by atoms with Crippen LogP contribution in [0.2, 0.25) is 0 Å². The number of aliphatic hydroxyl groups is 1. The van der Waals surface area contributed by atoms with Gasteiger partial charge in [-0.2, -0.15) is 0 Å². The molecule has 1 saturated heterocycles. The third kappa shape index (κ3) is 6.16. The fourth-order valence-electron chi connectivity index (χ4n) is 2.09. The highest BCUT2D eigenvalue weighted by Crippen LogP contribution is 2.31. The number of hydrogen-bond acceptors (Lipinski definition) is 2. The highest BCUT2D eigenvalue weighted by atomic mass is 16.6. The maximum Gasteiger partial charge on any atom is 0.0841 e. The first-order chi connectivity index (χ1) is 7.38. The second-order valence-corrected chi connectivity index (χ2v) is 4.64. The molecule has 2 atom stereocenters. The summed E-state index contributed by atoms with van der Waals surface area (Å²) < 4.78 is 5.62. The van der Waals surface area contributed by atoms with E-state index >= 15 is 0 Å². The van der Waals surface area contributed by atoms with Crippen molar-refractivity contribution in [2.75, 3.05) is 6.61 Å². The number of epoxide rings is 1. The molecule has 0 aromatic rings. The van der Waals surface area contributed by atoms with Gasteiger partial charge in [0, 0.05) is 6.61 Å². The van der Waals surface area contributed by atoms with Crippen molar-refractivity contribution in [3.63, 3.8) is 0 Å². The monoisotopic (exact) mass is 214 g/mol. The Morgan fingerprint density at radius 2 is 1.47 bits per heavy atom. The van der Waals surface area contributed by atoms with Crippen LogP contribution in [0.3, 0.4) is 0 Å². The third-order valence-electron chi connectivity index (χ3n) is 3.18. The number of ether oxygens (including phenoxy) is 1. The van der Waals surface area contributed by atoms with E-state index in [0.29, 0.717) is 18.8 Å². The van der Waals surface area contributed by atoms with Gasteiger partial charge in [0.25, 0.3) is 0 Å². The largest absolute Gasteiger partial charge is 0.396 e. The van der Waals surface area contributed by atoms with E-state index in [2.05, 4.69) is 6.92 Å². The molecule has 1 N–H and O–H groups in total. The van der Waals surface area contributed by atoms with Crippen LogP contribution in [-0.4, -0.2) is 23.9 Å². The summed E-state index contributed by atoms with van der Waals surface area (Å²) >= 11 is 0. The molecule has 0 bridgehead atoms. The quantitative estimate of drug-likeness (QED) is 0.447. The van der Waals surface area contributed by atoms with E-state index in [-0.39, 0.29) is 0 Å². The number of unbranched alkanes of at least 4 members (excludes halogenated alkanes) is 5. The van der Waals surface area contributed by atoms with Crippen molar-refractivity contribution in [3.8, 4) is 0 Å². The average Bonchev–Trinajstić information content (AvgIpc) is 2.97. The van der Waals surface area contributed by atoms with Crippen LogP contribution < -0.4 is 0 Å². The Morgan fingerprint density at radius 3 is 2.07 bits per heavy atom. The van der Waals surface area contributed by atoms with Crippen LogP contribution in [0.15, 0.2) is 0 Å². The molecule has 1 aliphatic rings. The van der Waals surface area contributed by atoms with E-state index in [0.717, 1.165) is 6.42 Å². The Morgan fingerprint density at radius 1 is 0.867 bits per heavy atom. The second kappa shape index (κ2) is 8.12. The van der Waals surface area contributed by atoms with Gasteiger partial charge in [0.15, 0.2) is 0 Å². The SMILES string of the molecule is CCCCCC1OC1CCCCCCO. The maximum atomic E-state index is 8.62. The summed E-state index contributed by atoms with van der Waals surface area (Å²) in [5.74, 6) is 0. The van der Waals surface area contributed by atoms with Crippen molar-refractivity contribution >= 4 is 0 Å². The van der Waals surface area contributed by atoms with Gasteiger partial charge < -0.3 is 9.84 Å². The van der Waals surface area contributed by atoms with Gasteiger partial charge in [0.05, 0.1) is 12.2 Å². The first-order valence-corrected chi connectivity index (χ1v) is 6.64. The normalized spacial score (nSPS) is 24.4. The van der Waals surface area contributed by atoms with Gasteiger partial charge in [-0.3, -0.25) is 0 Å². The lowest BCUT2D eigenvalue weighted by Crippen LogP contribution is -1.94. The summed E-state index contributed by atoms with van der Waals surface area (Å²) in [7, 11) is 0. The summed E-state index contributed by atoms with van der Waals surface area (Å²) in [6.45, 7) is 2.59. The molecule has 1 heterocycles. The van der Waals surface area contributed by atoms with Gasteiger partial charge in [0.2, 0.25) is 0 Å². The predicted octanol–water partition coefficient (Wildman–Crippen LogP) is 3.28. The van der Waals surface area contributed by atoms with Crippen molar-refractivity contribution in [2.24, 2.45) is 0 Å². The average molecular weight is 214 g/mol. The molecule has 2 nitrogen and oxygen atoms in total. The molecule has 15 heavy (non-hydrogen) atoms. The lowest BCUT2D eigenvalue weighted by Gasteiger charge is -1.97. The van der Waals surface area contributed by atoms with E-state index in [1.54, 1.807) is 0 Å². The van der Waals surface area contributed by atoms with E-state index in [9.17, 15) is 0 Å². The van der Waals surface area contributed by atoms with Crippen molar-refractivity contribution in [3.05, 3.63) is 0 Å². The summed E-state index contributed by atoms with van der Waals surface area (Å²) in [4.78, 5) is 0. The highest BCUT2D eigenvalue weighted by molar-refractivity contribution is 4.84. The van der Waals surface area contributed by atoms with Crippen LogP contribution in [0.5, 0.6) is 0 Å². The summed E-state index contributed by atoms with van der Waals surface area (Å²) in [6.07, 6.45) is 12.3. The predicted molar refractivity (Wildman–Crippen MR) is 63.0 cm³/mol. The van der Waals surface area contributed by atoms with Crippen LogP contribution in [0.1, 0.15) is 64.7 Å². The van der Waals surface area contributed by atoms with Gasteiger partial charge in [-0.25, -0.2) is 0 Å². The molecular weight excluding hydrogens is 188 g/mol. The zero-order valence-electron chi connectivity index (χ0n) is 10.1. The number of rotatable bonds is 10. The van der Waals surface area contributed by atoms with E-state index in [1.165, 1.54) is 51.4 Å².